The van der Waals surface area contributed by atoms with Crippen molar-refractivity contribution in [1.82, 2.24) is 4.98 Å². The fraction of sp³-hybridized carbons (Fsp3) is 0.125. The summed E-state index contributed by atoms with van der Waals surface area (Å²) in [5.41, 5.74) is 0.966. The van der Waals surface area contributed by atoms with E-state index in [9.17, 15) is 4.79 Å². The third-order valence-corrected chi connectivity index (χ3v) is 5.21. The summed E-state index contributed by atoms with van der Waals surface area (Å²) >= 11 is 9.03. The lowest BCUT2D eigenvalue weighted by molar-refractivity contribution is -0.115. The van der Waals surface area contributed by atoms with E-state index < -0.39 is 0 Å². The molecule has 0 bridgehead atoms. The second-order valence-electron chi connectivity index (χ2n) is 4.54. The first-order valence-electron chi connectivity index (χ1n) is 6.45. The molecule has 1 heterocycles. The fourth-order valence-corrected chi connectivity index (χ4v) is 4.00. The molecule has 1 aromatic heterocycles. The van der Waals surface area contributed by atoms with Gasteiger partial charge in [0.2, 0.25) is 0 Å². The van der Waals surface area contributed by atoms with Crippen LogP contribution in [0.3, 0.4) is 0 Å². The highest BCUT2D eigenvalue weighted by Crippen LogP contribution is 2.24. The minimum absolute atomic E-state index is 0.180. The topological polar surface area (TPSA) is 30.0 Å². The molecule has 2 nitrogen and oxygen atoms in total. The first kappa shape index (κ1) is 14.6. The quantitative estimate of drug-likeness (QED) is 0.625. The van der Waals surface area contributed by atoms with E-state index >= 15 is 0 Å². The van der Waals surface area contributed by atoms with Gasteiger partial charge in [0.05, 0.1) is 22.4 Å². The van der Waals surface area contributed by atoms with Crippen LogP contribution in [0.2, 0.25) is 5.02 Å². The van der Waals surface area contributed by atoms with Gasteiger partial charge in [0.15, 0.2) is 0 Å². The summed E-state index contributed by atoms with van der Waals surface area (Å²) in [4.78, 5) is 17.6. The van der Waals surface area contributed by atoms with E-state index in [-0.39, 0.29) is 5.78 Å². The number of thiazole rings is 1. The van der Waals surface area contributed by atoms with E-state index in [4.69, 9.17) is 11.6 Å². The molecular weight excluding hydrogens is 322 g/mol. The van der Waals surface area contributed by atoms with Gasteiger partial charge >= 0.3 is 0 Å². The van der Waals surface area contributed by atoms with Gasteiger partial charge in [-0.1, -0.05) is 29.8 Å². The van der Waals surface area contributed by atoms with E-state index in [0.717, 1.165) is 20.1 Å². The summed E-state index contributed by atoms with van der Waals surface area (Å²) in [6, 6.07) is 15.5. The van der Waals surface area contributed by atoms with Gasteiger partial charge in [-0.15, -0.1) is 23.1 Å². The van der Waals surface area contributed by atoms with Gasteiger partial charge in [-0.2, -0.15) is 0 Å². The lowest BCUT2D eigenvalue weighted by Gasteiger charge is -2.00. The molecule has 0 N–H and O–H groups in total. The largest absolute Gasteiger partial charge is 0.298 e. The third kappa shape index (κ3) is 3.84. The smallest absolute Gasteiger partial charge is 0.149 e. The van der Waals surface area contributed by atoms with Crippen molar-refractivity contribution in [2.75, 3.05) is 5.75 Å². The van der Waals surface area contributed by atoms with Gasteiger partial charge in [0.1, 0.15) is 10.8 Å². The van der Waals surface area contributed by atoms with E-state index in [1.54, 1.807) is 11.3 Å². The molecule has 2 aromatic carbocycles. The summed E-state index contributed by atoms with van der Waals surface area (Å²) in [7, 11) is 0. The van der Waals surface area contributed by atoms with Crippen molar-refractivity contribution in [3.05, 3.63) is 58.6 Å². The highest BCUT2D eigenvalue weighted by Gasteiger charge is 2.09. The Kier molecular flexibility index (Phi) is 4.58. The molecule has 0 spiro atoms. The molecule has 5 heteroatoms. The number of rotatable bonds is 5. The maximum Gasteiger partial charge on any atom is 0.149 e. The number of para-hydroxylation sites is 1. The molecule has 0 fully saturated rings. The minimum atomic E-state index is 0.180. The number of ketones is 1. The Balaban J connectivity index is 1.61. The third-order valence-electron chi connectivity index (χ3n) is 2.88. The Morgan fingerprint density at radius 2 is 2.05 bits per heavy atom. The predicted molar refractivity (Wildman–Crippen MR) is 90.5 cm³/mol. The van der Waals surface area contributed by atoms with Crippen molar-refractivity contribution in [2.45, 2.75) is 11.3 Å². The number of hydrogen-bond acceptors (Lipinski definition) is 4. The van der Waals surface area contributed by atoms with Crippen LogP contribution in [0, 0.1) is 0 Å². The van der Waals surface area contributed by atoms with Crippen LogP contribution < -0.4 is 0 Å². The summed E-state index contributed by atoms with van der Waals surface area (Å²) in [5, 5.41) is 1.58. The lowest BCUT2D eigenvalue weighted by atomic mass is 10.3. The number of aromatic nitrogens is 1. The van der Waals surface area contributed by atoms with Crippen LogP contribution in [-0.4, -0.2) is 16.5 Å². The Hall–Kier alpha value is -1.36. The molecule has 106 valence electrons. The van der Waals surface area contributed by atoms with Gasteiger partial charge in [-0.25, -0.2) is 4.98 Å². The SMILES string of the molecule is O=C(CSc1cccc(Cl)c1)Cc1nc2ccccc2s1. The van der Waals surface area contributed by atoms with Gasteiger partial charge in [0.25, 0.3) is 0 Å². The van der Waals surface area contributed by atoms with Crippen LogP contribution in [0.15, 0.2) is 53.4 Å². The van der Waals surface area contributed by atoms with E-state index in [2.05, 4.69) is 4.98 Å². The van der Waals surface area contributed by atoms with Gasteiger partial charge < -0.3 is 0 Å². The van der Waals surface area contributed by atoms with E-state index in [1.165, 1.54) is 11.8 Å². The van der Waals surface area contributed by atoms with Crippen molar-refractivity contribution < 1.29 is 4.79 Å². The maximum absolute atomic E-state index is 12.1. The summed E-state index contributed by atoms with van der Waals surface area (Å²) in [6.07, 6.45) is 0.396. The van der Waals surface area contributed by atoms with Crippen molar-refractivity contribution in [1.29, 1.82) is 0 Å². The molecule has 0 saturated carbocycles. The van der Waals surface area contributed by atoms with Crippen LogP contribution in [-0.2, 0) is 11.2 Å². The molecule has 0 aliphatic carbocycles. The summed E-state index contributed by atoms with van der Waals surface area (Å²) in [6.45, 7) is 0. The number of fused-ring (bicyclic) bond motifs is 1. The molecule has 3 aromatic rings. The van der Waals surface area contributed by atoms with Crippen molar-refractivity contribution in [3.63, 3.8) is 0 Å². The number of carbonyl (C=O) groups excluding carboxylic acids is 1. The van der Waals surface area contributed by atoms with Crippen molar-refractivity contribution in [2.24, 2.45) is 0 Å². The average Bonchev–Trinajstić information content (AvgIpc) is 2.87. The Bertz CT molecular complexity index is 752. The molecule has 0 aliphatic rings. The van der Waals surface area contributed by atoms with Gasteiger partial charge in [0, 0.05) is 9.92 Å². The highest BCUT2D eigenvalue weighted by atomic mass is 35.5. The number of nitrogens with zero attached hydrogens (tertiary/aromatic N) is 1. The number of thioether (sulfide) groups is 1. The standard InChI is InChI=1S/C16H12ClNOS2/c17-11-4-3-5-13(8-11)20-10-12(19)9-16-18-14-6-1-2-7-15(14)21-16/h1-8H,9-10H2. The number of carbonyl (C=O) groups is 1. The Morgan fingerprint density at radius 3 is 2.86 bits per heavy atom. The van der Waals surface area contributed by atoms with Crippen molar-refractivity contribution in [3.8, 4) is 0 Å². The molecule has 0 radical (unpaired) electrons. The highest BCUT2D eigenvalue weighted by molar-refractivity contribution is 8.00. The molecular formula is C16H12ClNOS2. The molecule has 3 rings (SSSR count). The summed E-state index contributed by atoms with van der Waals surface area (Å²) < 4.78 is 1.13. The van der Waals surface area contributed by atoms with E-state index in [0.29, 0.717) is 17.2 Å². The van der Waals surface area contributed by atoms with Crippen LogP contribution in [0.4, 0.5) is 0 Å². The molecule has 21 heavy (non-hydrogen) atoms. The molecule has 0 amide bonds. The molecule has 0 saturated heterocycles. The lowest BCUT2D eigenvalue weighted by Crippen LogP contribution is -2.05. The minimum Gasteiger partial charge on any atom is -0.298 e. The maximum atomic E-state index is 12.1. The van der Waals surface area contributed by atoms with Gasteiger partial charge in [-0.3, -0.25) is 4.79 Å². The first-order chi connectivity index (χ1) is 10.2. The zero-order valence-corrected chi connectivity index (χ0v) is 13.5. The number of benzene rings is 2. The average molecular weight is 334 g/mol. The van der Waals surface area contributed by atoms with Crippen LogP contribution in [0.1, 0.15) is 5.01 Å². The van der Waals surface area contributed by atoms with Crippen LogP contribution in [0.25, 0.3) is 10.2 Å². The second kappa shape index (κ2) is 6.60. The Morgan fingerprint density at radius 1 is 1.19 bits per heavy atom. The normalized spacial score (nSPS) is 10.9. The zero-order chi connectivity index (χ0) is 14.7. The number of halogens is 1. The van der Waals surface area contributed by atoms with Crippen LogP contribution in [0.5, 0.6) is 0 Å². The zero-order valence-electron chi connectivity index (χ0n) is 11.1. The molecule has 0 aliphatic heterocycles. The van der Waals surface area contributed by atoms with Crippen LogP contribution >= 0.6 is 34.7 Å². The first-order valence-corrected chi connectivity index (χ1v) is 8.63. The van der Waals surface area contributed by atoms with Gasteiger partial charge in [-0.05, 0) is 30.3 Å². The number of Topliss-reactive ketones (excluding diaryl/α,β-unsaturated/α-hetero) is 1. The van der Waals surface area contributed by atoms with E-state index in [1.807, 2.05) is 48.5 Å². The second-order valence-corrected chi connectivity index (χ2v) is 7.14. The fourth-order valence-electron chi connectivity index (χ4n) is 1.94. The Labute approximate surface area is 136 Å². The summed E-state index contributed by atoms with van der Waals surface area (Å²) in [5.74, 6) is 0.620. The molecule has 0 atom stereocenters. The number of hydrogen-bond donors (Lipinski definition) is 0. The van der Waals surface area contributed by atoms with Crippen molar-refractivity contribution >= 4 is 50.7 Å². The monoisotopic (exact) mass is 333 g/mol. The molecule has 0 unspecified atom stereocenters. The predicted octanol–water partition coefficient (Wildman–Crippen LogP) is 4.85.